The van der Waals surface area contributed by atoms with Gasteiger partial charge in [-0.2, -0.15) is 0 Å². The van der Waals surface area contributed by atoms with Crippen molar-refractivity contribution in [3.05, 3.63) is 23.8 Å². The monoisotopic (exact) mass is 234 g/mol. The number of carbonyl (C=O) groups is 1. The van der Waals surface area contributed by atoms with Crippen LogP contribution in [0, 0.1) is 6.92 Å². The van der Waals surface area contributed by atoms with Crippen molar-refractivity contribution in [1.29, 1.82) is 0 Å². The zero-order chi connectivity index (χ0) is 12.3. The molecular weight excluding hydrogens is 216 g/mol. The molecule has 0 atom stereocenters. The number of aliphatic carboxylic acids is 1. The first kappa shape index (κ1) is 11.8. The van der Waals surface area contributed by atoms with Crippen molar-refractivity contribution in [2.75, 3.05) is 29.9 Å². The molecule has 1 aliphatic heterocycles. The maximum absolute atomic E-state index is 10.7. The number of nitrogens with zero attached hydrogens (tertiary/aromatic N) is 1. The van der Waals surface area contributed by atoms with Gasteiger partial charge in [-0.3, -0.25) is 4.79 Å². The average Bonchev–Trinajstić information content (AvgIpc) is 2.49. The second-order valence-electron chi connectivity index (χ2n) is 4.38. The molecule has 92 valence electrons. The molecule has 0 unspecified atom stereocenters. The smallest absolute Gasteiger partial charge is 0.305 e. The molecule has 0 fully saturated rings. The number of rotatable bonds is 3. The van der Waals surface area contributed by atoms with E-state index in [0.29, 0.717) is 6.54 Å². The van der Waals surface area contributed by atoms with Gasteiger partial charge in [0.1, 0.15) is 0 Å². The fourth-order valence-electron chi connectivity index (χ4n) is 2.28. The number of hydrogen-bond donors (Lipinski definition) is 2. The lowest BCUT2D eigenvalue weighted by Gasteiger charge is -2.25. The number of fused-ring (bicyclic) bond motifs is 1. The predicted molar refractivity (Wildman–Crippen MR) is 68.8 cm³/mol. The lowest BCUT2D eigenvalue weighted by molar-refractivity contribution is -0.136. The van der Waals surface area contributed by atoms with Crippen molar-refractivity contribution < 1.29 is 9.90 Å². The Kier molecular flexibility index (Phi) is 3.52. The summed E-state index contributed by atoms with van der Waals surface area (Å²) in [5.41, 5.74) is 3.47. The van der Waals surface area contributed by atoms with Gasteiger partial charge in [0.2, 0.25) is 0 Å². The van der Waals surface area contributed by atoms with Crippen LogP contribution in [0.3, 0.4) is 0 Å². The van der Waals surface area contributed by atoms with Crippen LogP contribution < -0.4 is 10.2 Å². The van der Waals surface area contributed by atoms with Crippen molar-refractivity contribution in [2.45, 2.75) is 19.8 Å². The molecule has 4 heteroatoms. The van der Waals surface area contributed by atoms with E-state index in [-0.39, 0.29) is 6.42 Å². The molecule has 0 saturated heterocycles. The highest BCUT2D eigenvalue weighted by Crippen LogP contribution is 2.31. The summed E-state index contributed by atoms with van der Waals surface area (Å²) in [5.74, 6) is -0.739. The van der Waals surface area contributed by atoms with Gasteiger partial charge in [0.15, 0.2) is 0 Å². The summed E-state index contributed by atoms with van der Waals surface area (Å²) in [6.45, 7) is 4.51. The Morgan fingerprint density at radius 2 is 2.35 bits per heavy atom. The van der Waals surface area contributed by atoms with E-state index in [4.69, 9.17) is 5.11 Å². The molecule has 0 bridgehead atoms. The number of aryl methyl sites for hydroxylation is 1. The summed E-state index contributed by atoms with van der Waals surface area (Å²) in [4.78, 5) is 12.9. The lowest BCUT2D eigenvalue weighted by atomic mass is 10.1. The molecule has 0 aromatic heterocycles. The molecule has 2 rings (SSSR count). The maximum Gasteiger partial charge on any atom is 0.305 e. The normalized spacial score (nSPS) is 14.8. The van der Waals surface area contributed by atoms with Gasteiger partial charge >= 0.3 is 5.97 Å². The molecule has 0 radical (unpaired) electrons. The highest BCUT2D eigenvalue weighted by molar-refractivity contribution is 5.75. The Balaban J connectivity index is 2.25. The number of nitrogens with one attached hydrogen (secondary N) is 1. The van der Waals surface area contributed by atoms with Gasteiger partial charge in [0.05, 0.1) is 17.8 Å². The van der Waals surface area contributed by atoms with E-state index in [9.17, 15) is 4.79 Å². The Morgan fingerprint density at radius 3 is 3.12 bits per heavy atom. The van der Waals surface area contributed by atoms with Crippen LogP contribution >= 0.6 is 0 Å². The highest BCUT2D eigenvalue weighted by Gasteiger charge is 2.17. The fourth-order valence-corrected chi connectivity index (χ4v) is 2.28. The first-order chi connectivity index (χ1) is 8.18. The van der Waals surface area contributed by atoms with Gasteiger partial charge in [-0.05, 0) is 25.0 Å². The van der Waals surface area contributed by atoms with Crippen LogP contribution in [0.25, 0.3) is 0 Å². The Labute approximate surface area is 101 Å². The van der Waals surface area contributed by atoms with E-state index >= 15 is 0 Å². The number of anilines is 2. The molecule has 0 aliphatic carbocycles. The number of carboxylic acid groups (broad SMARTS) is 1. The van der Waals surface area contributed by atoms with E-state index in [1.165, 1.54) is 5.56 Å². The van der Waals surface area contributed by atoms with Crippen LogP contribution in [-0.4, -0.2) is 30.7 Å². The van der Waals surface area contributed by atoms with E-state index in [0.717, 1.165) is 30.9 Å². The van der Waals surface area contributed by atoms with Crippen molar-refractivity contribution >= 4 is 17.3 Å². The van der Waals surface area contributed by atoms with Gasteiger partial charge in [-0.15, -0.1) is 0 Å². The van der Waals surface area contributed by atoms with Gasteiger partial charge < -0.3 is 15.3 Å². The van der Waals surface area contributed by atoms with Crippen LogP contribution in [0.2, 0.25) is 0 Å². The number of carboxylic acids is 1. The van der Waals surface area contributed by atoms with Crippen LogP contribution in [0.4, 0.5) is 11.4 Å². The fraction of sp³-hybridized carbons (Fsp3) is 0.462. The molecule has 0 spiro atoms. The first-order valence-corrected chi connectivity index (χ1v) is 5.98. The van der Waals surface area contributed by atoms with Gasteiger partial charge in [-0.1, -0.05) is 12.1 Å². The highest BCUT2D eigenvalue weighted by atomic mass is 16.4. The topological polar surface area (TPSA) is 52.6 Å². The molecule has 4 nitrogen and oxygen atoms in total. The summed E-state index contributed by atoms with van der Waals surface area (Å²) in [6.07, 6.45) is 1.22. The van der Waals surface area contributed by atoms with Crippen LogP contribution in [-0.2, 0) is 4.79 Å². The summed E-state index contributed by atoms with van der Waals surface area (Å²) < 4.78 is 0. The molecule has 1 aromatic carbocycles. The average molecular weight is 234 g/mol. The van der Waals surface area contributed by atoms with Crippen LogP contribution in [0.5, 0.6) is 0 Å². The van der Waals surface area contributed by atoms with E-state index < -0.39 is 5.97 Å². The van der Waals surface area contributed by atoms with Gasteiger partial charge in [-0.25, -0.2) is 0 Å². The van der Waals surface area contributed by atoms with Crippen molar-refractivity contribution in [3.63, 3.8) is 0 Å². The third-order valence-electron chi connectivity index (χ3n) is 3.07. The minimum absolute atomic E-state index is 0.188. The minimum Gasteiger partial charge on any atom is -0.481 e. The Bertz CT molecular complexity index is 418. The number of para-hydroxylation sites is 1. The minimum atomic E-state index is -0.739. The standard InChI is InChI=1S/C13H18N2O2/c1-10-4-2-5-11-13(10)15(8-3-7-14-11)9-6-12(16)17/h2,4-5,14H,3,6-9H2,1H3,(H,16,17). The van der Waals surface area contributed by atoms with E-state index in [1.54, 1.807) is 0 Å². The third-order valence-corrected chi connectivity index (χ3v) is 3.07. The lowest BCUT2D eigenvalue weighted by Crippen LogP contribution is -2.27. The molecule has 2 N–H and O–H groups in total. The van der Waals surface area contributed by atoms with E-state index in [1.807, 2.05) is 6.07 Å². The van der Waals surface area contributed by atoms with Crippen LogP contribution in [0.15, 0.2) is 18.2 Å². The van der Waals surface area contributed by atoms with Crippen molar-refractivity contribution in [1.82, 2.24) is 0 Å². The van der Waals surface area contributed by atoms with Gasteiger partial charge in [0, 0.05) is 19.6 Å². The number of benzene rings is 1. The molecule has 1 aromatic rings. The Hall–Kier alpha value is -1.71. The summed E-state index contributed by atoms with van der Waals surface area (Å²) >= 11 is 0. The van der Waals surface area contributed by atoms with Crippen LogP contribution in [0.1, 0.15) is 18.4 Å². The first-order valence-electron chi connectivity index (χ1n) is 5.98. The summed E-state index contributed by atoms with van der Waals surface area (Å²) in [7, 11) is 0. The summed E-state index contributed by atoms with van der Waals surface area (Å²) in [6, 6.07) is 6.16. The second kappa shape index (κ2) is 5.08. The molecule has 1 aliphatic rings. The molecule has 0 saturated carbocycles. The largest absolute Gasteiger partial charge is 0.481 e. The maximum atomic E-state index is 10.7. The second-order valence-corrected chi connectivity index (χ2v) is 4.38. The molecule has 1 heterocycles. The van der Waals surface area contributed by atoms with E-state index in [2.05, 4.69) is 29.3 Å². The molecule has 17 heavy (non-hydrogen) atoms. The zero-order valence-corrected chi connectivity index (χ0v) is 10.1. The zero-order valence-electron chi connectivity index (χ0n) is 10.1. The van der Waals surface area contributed by atoms with Crippen molar-refractivity contribution in [2.24, 2.45) is 0 Å². The Morgan fingerprint density at radius 1 is 1.53 bits per heavy atom. The SMILES string of the molecule is Cc1cccc2c1N(CCC(=O)O)CCCN2. The quantitative estimate of drug-likeness (QED) is 0.841. The molecule has 0 amide bonds. The molecular formula is C13H18N2O2. The van der Waals surface area contributed by atoms with Crippen molar-refractivity contribution in [3.8, 4) is 0 Å². The summed E-state index contributed by atoms with van der Waals surface area (Å²) in [5, 5.41) is 12.2. The third kappa shape index (κ3) is 2.70. The number of hydrogen-bond acceptors (Lipinski definition) is 3. The predicted octanol–water partition coefficient (Wildman–Crippen LogP) is 2.09. The van der Waals surface area contributed by atoms with Gasteiger partial charge in [0.25, 0.3) is 0 Å².